The van der Waals surface area contributed by atoms with Crippen LogP contribution in [-0.2, 0) is 9.53 Å². The molecular formula is C19H17NO3S. The lowest BCUT2D eigenvalue weighted by molar-refractivity contribution is -0.143. The van der Waals surface area contributed by atoms with Crippen molar-refractivity contribution in [2.45, 2.75) is 17.9 Å². The van der Waals surface area contributed by atoms with Gasteiger partial charge in [0, 0.05) is 27.6 Å². The number of hydrogen-bond donors (Lipinski definition) is 1. The van der Waals surface area contributed by atoms with Gasteiger partial charge >= 0.3 is 5.97 Å². The van der Waals surface area contributed by atoms with Crippen LogP contribution in [0.4, 0.5) is 0 Å². The number of carbonyl (C=O) groups is 2. The lowest BCUT2D eigenvalue weighted by atomic mass is 10.1. The van der Waals surface area contributed by atoms with E-state index in [0.717, 1.165) is 15.8 Å². The normalized spacial score (nSPS) is 12.0. The van der Waals surface area contributed by atoms with Gasteiger partial charge in [0.25, 0.3) is 0 Å². The van der Waals surface area contributed by atoms with Crippen molar-refractivity contribution >= 4 is 34.4 Å². The van der Waals surface area contributed by atoms with Crippen LogP contribution >= 0.6 is 11.8 Å². The number of nitrogens with one attached hydrogen (secondary N) is 1. The van der Waals surface area contributed by atoms with Crippen LogP contribution in [0.1, 0.15) is 17.3 Å². The molecule has 0 saturated heterocycles. The van der Waals surface area contributed by atoms with Crippen LogP contribution in [-0.4, -0.2) is 28.6 Å². The molecule has 0 aliphatic carbocycles. The Morgan fingerprint density at radius 2 is 1.79 bits per heavy atom. The minimum Gasteiger partial charge on any atom is -0.454 e. The van der Waals surface area contributed by atoms with Crippen molar-refractivity contribution in [3.8, 4) is 0 Å². The standard InChI is InChI=1S/C19H17NO3S/c1-13(23-18(21)12-24-14-7-3-2-4-8-14)19(22)16-11-20-17-10-6-5-9-15(16)17/h2-11,13,20H,12H2,1H3/t13-/m0/s1. The highest BCUT2D eigenvalue weighted by atomic mass is 32.2. The summed E-state index contributed by atoms with van der Waals surface area (Å²) >= 11 is 1.39. The van der Waals surface area contributed by atoms with Crippen molar-refractivity contribution in [1.29, 1.82) is 0 Å². The second-order valence-electron chi connectivity index (χ2n) is 5.35. The molecular weight excluding hydrogens is 322 g/mol. The fourth-order valence-electron chi connectivity index (χ4n) is 2.44. The number of Topliss-reactive ketones (excluding diaryl/α,β-unsaturated/α-hetero) is 1. The Morgan fingerprint density at radius 3 is 2.58 bits per heavy atom. The smallest absolute Gasteiger partial charge is 0.316 e. The maximum absolute atomic E-state index is 12.5. The SMILES string of the molecule is C[C@H](OC(=O)CSc1ccccc1)C(=O)c1c[nH]c2ccccc12. The molecule has 0 amide bonds. The van der Waals surface area contributed by atoms with Gasteiger partial charge in [-0.3, -0.25) is 9.59 Å². The molecule has 1 heterocycles. The Labute approximate surface area is 144 Å². The predicted octanol–water partition coefficient (Wildman–Crippen LogP) is 4.07. The summed E-state index contributed by atoms with van der Waals surface area (Å²) in [4.78, 5) is 28.5. The molecule has 2 aromatic carbocycles. The van der Waals surface area contributed by atoms with Crippen molar-refractivity contribution in [3.05, 3.63) is 66.4 Å². The van der Waals surface area contributed by atoms with Crippen molar-refractivity contribution in [2.24, 2.45) is 0 Å². The molecule has 122 valence electrons. The molecule has 1 atom stereocenters. The topological polar surface area (TPSA) is 59.2 Å². The molecule has 0 aliphatic rings. The number of aromatic amines is 1. The molecule has 0 fully saturated rings. The van der Waals surface area contributed by atoms with Crippen LogP contribution in [0.2, 0.25) is 0 Å². The predicted molar refractivity (Wildman–Crippen MR) is 95.3 cm³/mol. The number of aromatic nitrogens is 1. The number of rotatable bonds is 6. The number of carbonyl (C=O) groups excluding carboxylic acids is 2. The number of ketones is 1. The van der Waals surface area contributed by atoms with Crippen LogP contribution < -0.4 is 0 Å². The second kappa shape index (κ2) is 7.36. The van der Waals surface area contributed by atoms with E-state index in [1.165, 1.54) is 11.8 Å². The summed E-state index contributed by atoms with van der Waals surface area (Å²) in [6.45, 7) is 1.61. The van der Waals surface area contributed by atoms with E-state index < -0.39 is 12.1 Å². The number of esters is 1. The summed E-state index contributed by atoms with van der Waals surface area (Å²) < 4.78 is 5.28. The van der Waals surface area contributed by atoms with Gasteiger partial charge in [0.2, 0.25) is 5.78 Å². The van der Waals surface area contributed by atoms with Gasteiger partial charge in [-0.25, -0.2) is 0 Å². The average Bonchev–Trinajstić information content (AvgIpc) is 3.04. The van der Waals surface area contributed by atoms with Gasteiger partial charge in [0.05, 0.1) is 5.75 Å². The van der Waals surface area contributed by atoms with Crippen molar-refractivity contribution in [2.75, 3.05) is 5.75 Å². The number of H-pyrrole nitrogens is 1. The third kappa shape index (κ3) is 3.68. The van der Waals surface area contributed by atoms with Gasteiger partial charge in [-0.15, -0.1) is 11.8 Å². The van der Waals surface area contributed by atoms with Crippen molar-refractivity contribution < 1.29 is 14.3 Å². The first-order valence-corrected chi connectivity index (χ1v) is 8.61. The van der Waals surface area contributed by atoms with E-state index in [4.69, 9.17) is 4.74 Å². The third-order valence-electron chi connectivity index (χ3n) is 3.63. The molecule has 0 spiro atoms. The summed E-state index contributed by atoms with van der Waals surface area (Å²) in [6, 6.07) is 17.2. The lowest BCUT2D eigenvalue weighted by Crippen LogP contribution is -2.25. The quantitative estimate of drug-likeness (QED) is 0.418. The highest BCUT2D eigenvalue weighted by Gasteiger charge is 2.22. The zero-order valence-corrected chi connectivity index (χ0v) is 14.0. The average molecular weight is 339 g/mol. The summed E-state index contributed by atoms with van der Waals surface area (Å²) in [5, 5.41) is 0.837. The van der Waals surface area contributed by atoms with Gasteiger partial charge in [-0.1, -0.05) is 36.4 Å². The molecule has 0 bridgehead atoms. The molecule has 3 rings (SSSR count). The summed E-state index contributed by atoms with van der Waals surface area (Å²) in [6.07, 6.45) is 0.851. The van der Waals surface area contributed by atoms with Crippen LogP contribution in [0.15, 0.2) is 65.7 Å². The molecule has 24 heavy (non-hydrogen) atoms. The molecule has 1 aromatic heterocycles. The van der Waals surface area contributed by atoms with E-state index in [0.29, 0.717) is 5.56 Å². The van der Waals surface area contributed by atoms with Gasteiger partial charge in [0.15, 0.2) is 6.10 Å². The molecule has 5 heteroatoms. The first-order chi connectivity index (χ1) is 11.6. The Morgan fingerprint density at radius 1 is 1.08 bits per heavy atom. The Balaban J connectivity index is 1.60. The van der Waals surface area contributed by atoms with Gasteiger partial charge in [0.1, 0.15) is 0 Å². The highest BCUT2D eigenvalue weighted by Crippen LogP contribution is 2.21. The zero-order chi connectivity index (χ0) is 16.9. The van der Waals surface area contributed by atoms with E-state index in [9.17, 15) is 9.59 Å². The lowest BCUT2D eigenvalue weighted by Gasteiger charge is -2.11. The van der Waals surface area contributed by atoms with Gasteiger partial charge < -0.3 is 9.72 Å². The second-order valence-corrected chi connectivity index (χ2v) is 6.39. The minimum atomic E-state index is -0.812. The fraction of sp³-hybridized carbons (Fsp3) is 0.158. The molecule has 4 nitrogen and oxygen atoms in total. The van der Waals surface area contributed by atoms with Crippen molar-refractivity contribution in [3.63, 3.8) is 0 Å². The molecule has 0 unspecified atom stereocenters. The minimum absolute atomic E-state index is 0.176. The van der Waals surface area contributed by atoms with E-state index in [-0.39, 0.29) is 11.5 Å². The summed E-state index contributed by atoms with van der Waals surface area (Å²) in [5.74, 6) is -0.426. The molecule has 1 N–H and O–H groups in total. The Hall–Kier alpha value is -2.53. The van der Waals surface area contributed by atoms with E-state index >= 15 is 0 Å². The maximum Gasteiger partial charge on any atom is 0.316 e. The van der Waals surface area contributed by atoms with E-state index in [2.05, 4.69) is 4.98 Å². The van der Waals surface area contributed by atoms with Crippen LogP contribution in [0, 0.1) is 0 Å². The van der Waals surface area contributed by atoms with Crippen LogP contribution in [0.25, 0.3) is 10.9 Å². The summed E-state index contributed by atoms with van der Waals surface area (Å²) in [7, 11) is 0. The monoisotopic (exact) mass is 339 g/mol. The number of hydrogen-bond acceptors (Lipinski definition) is 4. The molecule has 3 aromatic rings. The number of fused-ring (bicyclic) bond motifs is 1. The number of ether oxygens (including phenoxy) is 1. The molecule has 0 aliphatic heterocycles. The van der Waals surface area contributed by atoms with Crippen LogP contribution in [0.5, 0.6) is 0 Å². The van der Waals surface area contributed by atoms with Gasteiger partial charge in [-0.05, 0) is 25.1 Å². The van der Waals surface area contributed by atoms with Gasteiger partial charge in [-0.2, -0.15) is 0 Å². The first-order valence-electron chi connectivity index (χ1n) is 7.63. The van der Waals surface area contributed by atoms with E-state index in [1.807, 2.05) is 54.6 Å². The van der Waals surface area contributed by atoms with E-state index in [1.54, 1.807) is 13.1 Å². The van der Waals surface area contributed by atoms with Crippen molar-refractivity contribution in [1.82, 2.24) is 4.98 Å². The zero-order valence-electron chi connectivity index (χ0n) is 13.2. The first kappa shape index (κ1) is 16.3. The molecule has 0 radical (unpaired) electrons. The number of benzene rings is 2. The highest BCUT2D eigenvalue weighted by molar-refractivity contribution is 8.00. The third-order valence-corrected chi connectivity index (χ3v) is 4.62. The Bertz CT molecular complexity index is 857. The summed E-state index contributed by atoms with van der Waals surface area (Å²) in [5.41, 5.74) is 1.43. The molecule has 0 saturated carbocycles. The number of thioether (sulfide) groups is 1. The van der Waals surface area contributed by atoms with Crippen LogP contribution in [0.3, 0.4) is 0 Å². The maximum atomic E-state index is 12.5. The fourth-order valence-corrected chi connectivity index (χ4v) is 3.14. The Kier molecular flexibility index (Phi) is 5.01. The largest absolute Gasteiger partial charge is 0.454 e. The number of para-hydroxylation sites is 1.